The summed E-state index contributed by atoms with van der Waals surface area (Å²) in [5.74, 6) is -3.60. The molecule has 0 spiro atoms. The van der Waals surface area contributed by atoms with Gasteiger partial charge in [-0.2, -0.15) is 0 Å². The second-order valence-electron chi connectivity index (χ2n) is 6.24. The number of fused-ring (bicyclic) bond motifs is 1. The SMILES string of the molecule is N[C@H]1CC(c2nc3ccc(O)nc3s2)=CC[C@@H]1c1cc(F)c(F)cc1F. The highest BCUT2D eigenvalue weighted by Gasteiger charge is 2.29. The molecule has 0 radical (unpaired) electrons. The second-order valence-corrected chi connectivity index (χ2v) is 7.22. The molecule has 0 saturated carbocycles. The number of aromatic nitrogens is 2. The van der Waals surface area contributed by atoms with Crippen molar-refractivity contribution in [1.82, 2.24) is 9.97 Å². The van der Waals surface area contributed by atoms with Crippen LogP contribution in [0.15, 0.2) is 30.3 Å². The summed E-state index contributed by atoms with van der Waals surface area (Å²) in [7, 11) is 0. The van der Waals surface area contributed by atoms with Crippen molar-refractivity contribution in [2.45, 2.75) is 24.8 Å². The van der Waals surface area contributed by atoms with E-state index in [1.165, 1.54) is 17.4 Å². The number of nitrogens with two attached hydrogens (primary N) is 1. The quantitative estimate of drug-likeness (QED) is 0.660. The Kier molecular flexibility index (Phi) is 4.16. The highest BCUT2D eigenvalue weighted by Crippen LogP contribution is 2.38. The number of allylic oxidation sites excluding steroid dienone is 1. The monoisotopic (exact) mass is 377 g/mol. The van der Waals surface area contributed by atoms with Crippen LogP contribution in [0.2, 0.25) is 0 Å². The third-order valence-corrected chi connectivity index (χ3v) is 5.59. The van der Waals surface area contributed by atoms with Crippen LogP contribution in [0.5, 0.6) is 5.88 Å². The standard InChI is InChI=1S/C18H14F3N3OS/c19-11-7-13(21)12(20)6-10(11)9-2-1-8(5-14(9)22)17-23-15-3-4-16(25)24-18(15)26-17/h1,3-4,6-7,9,14H,2,5,22H2,(H,24,25)/t9-,14+/m1/s1. The van der Waals surface area contributed by atoms with Crippen LogP contribution in [-0.4, -0.2) is 21.1 Å². The third-order valence-electron chi connectivity index (χ3n) is 4.55. The summed E-state index contributed by atoms with van der Waals surface area (Å²) in [5.41, 5.74) is 7.87. The van der Waals surface area contributed by atoms with E-state index in [-0.39, 0.29) is 11.4 Å². The zero-order valence-corrected chi connectivity index (χ0v) is 14.2. The highest BCUT2D eigenvalue weighted by atomic mass is 32.1. The summed E-state index contributed by atoms with van der Waals surface area (Å²) in [5, 5.41) is 10.2. The second kappa shape index (κ2) is 6.37. The summed E-state index contributed by atoms with van der Waals surface area (Å²) in [6, 6.07) is 4.14. The molecule has 0 amide bonds. The van der Waals surface area contributed by atoms with Crippen LogP contribution in [-0.2, 0) is 0 Å². The summed E-state index contributed by atoms with van der Waals surface area (Å²) >= 11 is 1.33. The Morgan fingerprint density at radius 1 is 1.08 bits per heavy atom. The van der Waals surface area contributed by atoms with Crippen LogP contribution in [0.1, 0.15) is 29.3 Å². The first-order valence-electron chi connectivity index (χ1n) is 7.98. The molecule has 0 aliphatic heterocycles. The largest absolute Gasteiger partial charge is 0.493 e. The molecule has 0 fully saturated rings. The van der Waals surface area contributed by atoms with Crippen molar-refractivity contribution in [3.8, 4) is 5.88 Å². The van der Waals surface area contributed by atoms with Gasteiger partial charge in [-0.05, 0) is 36.1 Å². The molecule has 2 atom stereocenters. The van der Waals surface area contributed by atoms with Crippen LogP contribution < -0.4 is 5.73 Å². The first-order chi connectivity index (χ1) is 12.4. The molecule has 0 saturated heterocycles. The molecule has 134 valence electrons. The zero-order chi connectivity index (χ0) is 18.4. The van der Waals surface area contributed by atoms with Crippen molar-refractivity contribution in [1.29, 1.82) is 0 Å². The molecule has 4 rings (SSSR count). The molecule has 3 aromatic rings. The average Bonchev–Trinajstić information content (AvgIpc) is 3.01. The van der Waals surface area contributed by atoms with Crippen molar-refractivity contribution in [2.75, 3.05) is 0 Å². The number of halogens is 3. The van der Waals surface area contributed by atoms with Gasteiger partial charge in [-0.1, -0.05) is 17.4 Å². The molecule has 26 heavy (non-hydrogen) atoms. The van der Waals surface area contributed by atoms with E-state index in [2.05, 4.69) is 9.97 Å². The maximum Gasteiger partial charge on any atom is 0.212 e. The van der Waals surface area contributed by atoms with E-state index >= 15 is 0 Å². The Morgan fingerprint density at radius 3 is 2.62 bits per heavy atom. The lowest BCUT2D eigenvalue weighted by molar-refractivity contribution is 0.456. The fraction of sp³-hybridized carbons (Fsp3) is 0.222. The van der Waals surface area contributed by atoms with Gasteiger partial charge in [-0.25, -0.2) is 23.1 Å². The predicted octanol–water partition coefficient (Wildman–Crippen LogP) is 4.10. The van der Waals surface area contributed by atoms with Crippen LogP contribution >= 0.6 is 11.3 Å². The van der Waals surface area contributed by atoms with Crippen molar-refractivity contribution in [3.63, 3.8) is 0 Å². The van der Waals surface area contributed by atoms with Crippen LogP contribution in [0.25, 0.3) is 15.9 Å². The Labute approximate surface area is 150 Å². The minimum absolute atomic E-state index is 0.0732. The Morgan fingerprint density at radius 2 is 1.85 bits per heavy atom. The predicted molar refractivity (Wildman–Crippen MR) is 93.3 cm³/mol. The van der Waals surface area contributed by atoms with E-state index in [1.54, 1.807) is 6.07 Å². The highest BCUT2D eigenvalue weighted by molar-refractivity contribution is 7.19. The van der Waals surface area contributed by atoms with E-state index < -0.39 is 29.4 Å². The third kappa shape index (κ3) is 2.95. The smallest absolute Gasteiger partial charge is 0.212 e. The number of nitrogens with zero attached hydrogens (tertiary/aromatic N) is 2. The van der Waals surface area contributed by atoms with E-state index in [0.29, 0.717) is 29.3 Å². The van der Waals surface area contributed by atoms with Crippen molar-refractivity contribution >= 4 is 27.3 Å². The molecule has 2 heterocycles. The average molecular weight is 377 g/mol. The lowest BCUT2D eigenvalue weighted by atomic mass is 9.81. The molecule has 2 aromatic heterocycles. The minimum Gasteiger partial charge on any atom is -0.493 e. The van der Waals surface area contributed by atoms with Crippen molar-refractivity contribution in [2.24, 2.45) is 5.73 Å². The van der Waals surface area contributed by atoms with Crippen LogP contribution in [0.4, 0.5) is 13.2 Å². The van der Waals surface area contributed by atoms with Gasteiger partial charge in [0.25, 0.3) is 0 Å². The summed E-state index contributed by atoms with van der Waals surface area (Å²) in [6.07, 6.45) is 2.72. The first-order valence-corrected chi connectivity index (χ1v) is 8.80. The summed E-state index contributed by atoms with van der Waals surface area (Å²) in [6.45, 7) is 0. The first kappa shape index (κ1) is 17.0. The van der Waals surface area contributed by atoms with Gasteiger partial charge in [0.05, 0.1) is 0 Å². The van der Waals surface area contributed by atoms with E-state index in [4.69, 9.17) is 5.73 Å². The van der Waals surface area contributed by atoms with Crippen molar-refractivity contribution in [3.05, 3.63) is 58.4 Å². The summed E-state index contributed by atoms with van der Waals surface area (Å²) < 4.78 is 40.7. The number of benzene rings is 1. The Balaban J connectivity index is 1.65. The molecule has 4 nitrogen and oxygen atoms in total. The molecular weight excluding hydrogens is 363 g/mol. The fourth-order valence-electron chi connectivity index (χ4n) is 3.22. The number of aromatic hydroxyl groups is 1. The van der Waals surface area contributed by atoms with E-state index in [0.717, 1.165) is 16.6 Å². The van der Waals surface area contributed by atoms with Gasteiger partial charge < -0.3 is 10.8 Å². The maximum absolute atomic E-state index is 14.1. The Hall–Kier alpha value is -2.45. The van der Waals surface area contributed by atoms with Crippen LogP contribution in [0.3, 0.4) is 0 Å². The van der Waals surface area contributed by atoms with Gasteiger partial charge in [0.1, 0.15) is 21.2 Å². The number of pyridine rings is 1. The van der Waals surface area contributed by atoms with Gasteiger partial charge in [-0.15, -0.1) is 0 Å². The van der Waals surface area contributed by atoms with Crippen molar-refractivity contribution < 1.29 is 18.3 Å². The zero-order valence-electron chi connectivity index (χ0n) is 13.4. The molecule has 1 aliphatic rings. The molecule has 0 bridgehead atoms. The number of thiazole rings is 1. The molecule has 1 aromatic carbocycles. The fourth-order valence-corrected chi connectivity index (χ4v) is 4.20. The molecular formula is C18H14F3N3OS. The molecule has 1 aliphatic carbocycles. The number of rotatable bonds is 2. The lowest BCUT2D eigenvalue weighted by Crippen LogP contribution is -2.31. The lowest BCUT2D eigenvalue weighted by Gasteiger charge is -2.28. The Bertz CT molecular complexity index is 1030. The minimum atomic E-state index is -1.21. The van der Waals surface area contributed by atoms with Gasteiger partial charge in [0.15, 0.2) is 11.6 Å². The van der Waals surface area contributed by atoms with Gasteiger partial charge in [0.2, 0.25) is 5.88 Å². The molecule has 3 N–H and O–H groups in total. The number of hydrogen-bond donors (Lipinski definition) is 2. The molecule has 8 heteroatoms. The van der Waals surface area contributed by atoms with E-state index in [1.807, 2.05) is 6.08 Å². The summed E-state index contributed by atoms with van der Waals surface area (Å²) in [4.78, 5) is 9.13. The van der Waals surface area contributed by atoms with Gasteiger partial charge >= 0.3 is 0 Å². The number of hydrogen-bond acceptors (Lipinski definition) is 5. The van der Waals surface area contributed by atoms with Crippen LogP contribution in [0, 0.1) is 17.5 Å². The molecule has 0 unspecified atom stereocenters. The maximum atomic E-state index is 14.1. The van der Waals surface area contributed by atoms with Gasteiger partial charge in [0, 0.05) is 24.1 Å². The normalized spacial score (nSPS) is 20.4. The van der Waals surface area contributed by atoms with Gasteiger partial charge in [-0.3, -0.25) is 0 Å². The topological polar surface area (TPSA) is 72.0 Å². The van der Waals surface area contributed by atoms with E-state index in [9.17, 15) is 18.3 Å².